The summed E-state index contributed by atoms with van der Waals surface area (Å²) in [4.78, 5) is 0. The lowest BCUT2D eigenvalue weighted by atomic mass is 9.68. The van der Waals surface area contributed by atoms with Gasteiger partial charge in [-0.05, 0) is 32.7 Å². The molecule has 3 atom stereocenters. The van der Waals surface area contributed by atoms with Crippen molar-refractivity contribution in [2.45, 2.75) is 50.7 Å². The maximum Gasteiger partial charge on any atom is 0.0702 e. The van der Waals surface area contributed by atoms with E-state index in [2.05, 4.69) is 12.2 Å². The van der Waals surface area contributed by atoms with Crippen molar-refractivity contribution in [1.29, 1.82) is 0 Å². The van der Waals surface area contributed by atoms with Gasteiger partial charge in [-0.25, -0.2) is 0 Å². The van der Waals surface area contributed by atoms with Crippen LogP contribution in [0.15, 0.2) is 0 Å². The van der Waals surface area contributed by atoms with Gasteiger partial charge in [0.2, 0.25) is 0 Å². The molecule has 78 valence electrons. The van der Waals surface area contributed by atoms with Crippen LogP contribution in [0.2, 0.25) is 0 Å². The molecular formula is C10H20ClNO. The summed E-state index contributed by atoms with van der Waals surface area (Å²) < 4.78 is 0. The van der Waals surface area contributed by atoms with E-state index in [0.717, 1.165) is 19.4 Å². The van der Waals surface area contributed by atoms with E-state index in [1.54, 1.807) is 0 Å². The van der Waals surface area contributed by atoms with Gasteiger partial charge in [0, 0.05) is 12.0 Å². The molecule has 1 aliphatic heterocycles. The Kier molecular flexibility index (Phi) is 3.61. The molecular weight excluding hydrogens is 186 g/mol. The zero-order chi connectivity index (χ0) is 8.60. The minimum atomic E-state index is -0.317. The Morgan fingerprint density at radius 1 is 1.31 bits per heavy atom. The standard InChI is InChI=1S/C10H19NO.ClH/c1-8-9-4-2-3-5-10(9,12)6-7-11-8;/h8-9,11-12H,2-7H2,1H3;1H/t8?,9-,10-;/m0./s1. The minimum absolute atomic E-state index is 0. The molecule has 1 heterocycles. The topological polar surface area (TPSA) is 32.3 Å². The highest BCUT2D eigenvalue weighted by molar-refractivity contribution is 5.85. The third-order valence-electron chi connectivity index (χ3n) is 3.69. The third-order valence-corrected chi connectivity index (χ3v) is 3.69. The molecule has 0 aromatic heterocycles. The SMILES string of the molecule is CC1NCC[C@@]2(O)CCCC[C@@H]12.Cl. The van der Waals surface area contributed by atoms with Gasteiger partial charge in [-0.1, -0.05) is 12.8 Å². The summed E-state index contributed by atoms with van der Waals surface area (Å²) >= 11 is 0. The molecule has 0 aromatic rings. The van der Waals surface area contributed by atoms with Crippen LogP contribution < -0.4 is 5.32 Å². The predicted octanol–water partition coefficient (Wildman–Crippen LogP) is 1.71. The van der Waals surface area contributed by atoms with Crippen LogP contribution in [0.1, 0.15) is 39.0 Å². The van der Waals surface area contributed by atoms with Gasteiger partial charge in [-0.2, -0.15) is 0 Å². The zero-order valence-corrected chi connectivity index (χ0v) is 9.07. The van der Waals surface area contributed by atoms with Gasteiger partial charge in [0.15, 0.2) is 0 Å². The van der Waals surface area contributed by atoms with Crippen molar-refractivity contribution in [3.63, 3.8) is 0 Å². The van der Waals surface area contributed by atoms with Crippen LogP contribution in [-0.4, -0.2) is 23.3 Å². The number of rotatable bonds is 0. The fourth-order valence-electron chi connectivity index (χ4n) is 2.93. The number of fused-ring (bicyclic) bond motifs is 1. The first-order valence-electron chi connectivity index (χ1n) is 5.18. The molecule has 0 amide bonds. The summed E-state index contributed by atoms with van der Waals surface area (Å²) in [5, 5.41) is 13.8. The predicted molar refractivity (Wildman–Crippen MR) is 56.2 cm³/mol. The molecule has 2 nitrogen and oxygen atoms in total. The monoisotopic (exact) mass is 205 g/mol. The molecule has 13 heavy (non-hydrogen) atoms. The summed E-state index contributed by atoms with van der Waals surface area (Å²) in [6.45, 7) is 3.20. The van der Waals surface area contributed by atoms with Crippen molar-refractivity contribution in [3.05, 3.63) is 0 Å². The summed E-state index contributed by atoms with van der Waals surface area (Å²) in [5.74, 6) is 0.514. The quantitative estimate of drug-likeness (QED) is 0.631. The summed E-state index contributed by atoms with van der Waals surface area (Å²) in [6.07, 6.45) is 5.73. The maximum absolute atomic E-state index is 10.3. The van der Waals surface area contributed by atoms with Crippen molar-refractivity contribution in [3.8, 4) is 0 Å². The molecule has 3 heteroatoms. The van der Waals surface area contributed by atoms with Gasteiger partial charge < -0.3 is 10.4 Å². The van der Waals surface area contributed by atoms with Gasteiger partial charge in [0.05, 0.1) is 5.60 Å². The van der Waals surface area contributed by atoms with E-state index in [-0.39, 0.29) is 18.0 Å². The lowest BCUT2D eigenvalue weighted by Crippen LogP contribution is -2.56. The van der Waals surface area contributed by atoms with E-state index in [1.807, 2.05) is 0 Å². The Hall–Kier alpha value is 0.210. The van der Waals surface area contributed by atoms with E-state index in [1.165, 1.54) is 19.3 Å². The average molecular weight is 206 g/mol. The van der Waals surface area contributed by atoms with Gasteiger partial charge in [0.1, 0.15) is 0 Å². The number of halogens is 1. The van der Waals surface area contributed by atoms with Crippen LogP contribution >= 0.6 is 12.4 Å². The third kappa shape index (κ3) is 2.00. The molecule has 2 fully saturated rings. The molecule has 0 spiro atoms. The Balaban J connectivity index is 0.000000845. The van der Waals surface area contributed by atoms with Crippen molar-refractivity contribution in [1.82, 2.24) is 5.32 Å². The van der Waals surface area contributed by atoms with E-state index < -0.39 is 0 Å². The van der Waals surface area contributed by atoms with Crippen molar-refractivity contribution >= 4 is 12.4 Å². The highest BCUT2D eigenvalue weighted by Crippen LogP contribution is 2.40. The second-order valence-corrected chi connectivity index (χ2v) is 4.45. The molecule has 2 rings (SSSR count). The van der Waals surface area contributed by atoms with E-state index in [9.17, 15) is 5.11 Å². The second-order valence-electron chi connectivity index (χ2n) is 4.45. The zero-order valence-electron chi connectivity index (χ0n) is 8.25. The van der Waals surface area contributed by atoms with E-state index >= 15 is 0 Å². The second kappa shape index (κ2) is 4.16. The van der Waals surface area contributed by atoms with Gasteiger partial charge in [0.25, 0.3) is 0 Å². The number of piperidine rings is 1. The molecule has 1 unspecified atom stereocenters. The van der Waals surface area contributed by atoms with Crippen LogP contribution in [0.3, 0.4) is 0 Å². The first-order chi connectivity index (χ1) is 5.72. The molecule has 0 bridgehead atoms. The number of hydrogen-bond donors (Lipinski definition) is 2. The van der Waals surface area contributed by atoms with Crippen molar-refractivity contribution < 1.29 is 5.11 Å². The molecule has 2 N–H and O–H groups in total. The van der Waals surface area contributed by atoms with Gasteiger partial charge in [-0.3, -0.25) is 0 Å². The van der Waals surface area contributed by atoms with Crippen LogP contribution in [0, 0.1) is 5.92 Å². The van der Waals surface area contributed by atoms with Crippen molar-refractivity contribution in [2.75, 3.05) is 6.54 Å². The molecule has 1 saturated carbocycles. The summed E-state index contributed by atoms with van der Waals surface area (Å²) in [5.41, 5.74) is -0.317. The highest BCUT2D eigenvalue weighted by atomic mass is 35.5. The fourth-order valence-corrected chi connectivity index (χ4v) is 2.93. The fraction of sp³-hybridized carbons (Fsp3) is 1.00. The Labute approximate surface area is 86.5 Å². The minimum Gasteiger partial charge on any atom is -0.389 e. The summed E-state index contributed by atoms with van der Waals surface area (Å²) in [7, 11) is 0. The number of aliphatic hydroxyl groups is 1. The Morgan fingerprint density at radius 2 is 2.08 bits per heavy atom. The van der Waals surface area contributed by atoms with E-state index in [0.29, 0.717) is 12.0 Å². The number of hydrogen-bond acceptors (Lipinski definition) is 2. The largest absolute Gasteiger partial charge is 0.389 e. The van der Waals surface area contributed by atoms with Crippen LogP contribution in [-0.2, 0) is 0 Å². The molecule has 0 radical (unpaired) electrons. The molecule has 1 saturated heterocycles. The summed E-state index contributed by atoms with van der Waals surface area (Å²) in [6, 6.07) is 0.518. The van der Waals surface area contributed by atoms with Crippen LogP contribution in [0.5, 0.6) is 0 Å². The lowest BCUT2D eigenvalue weighted by molar-refractivity contribution is -0.0823. The van der Waals surface area contributed by atoms with Crippen LogP contribution in [0.4, 0.5) is 0 Å². The van der Waals surface area contributed by atoms with Gasteiger partial charge in [-0.15, -0.1) is 12.4 Å². The molecule has 1 aliphatic carbocycles. The normalized spacial score (nSPS) is 44.8. The first-order valence-corrected chi connectivity index (χ1v) is 5.18. The van der Waals surface area contributed by atoms with Crippen LogP contribution in [0.25, 0.3) is 0 Å². The Morgan fingerprint density at radius 3 is 2.77 bits per heavy atom. The highest BCUT2D eigenvalue weighted by Gasteiger charge is 2.43. The smallest absolute Gasteiger partial charge is 0.0702 e. The lowest BCUT2D eigenvalue weighted by Gasteiger charge is -2.47. The Bertz CT molecular complexity index is 172. The average Bonchev–Trinajstić information content (AvgIpc) is 2.04. The first kappa shape index (κ1) is 11.3. The van der Waals surface area contributed by atoms with Crippen molar-refractivity contribution in [2.24, 2.45) is 5.92 Å². The molecule has 2 aliphatic rings. The van der Waals surface area contributed by atoms with Gasteiger partial charge >= 0.3 is 0 Å². The molecule has 0 aromatic carbocycles. The number of nitrogens with one attached hydrogen (secondary N) is 1. The maximum atomic E-state index is 10.3. The van der Waals surface area contributed by atoms with E-state index in [4.69, 9.17) is 0 Å².